The lowest BCUT2D eigenvalue weighted by molar-refractivity contribution is 0.614. The summed E-state index contributed by atoms with van der Waals surface area (Å²) in [6, 6.07) is 12.8. The first-order valence-electron chi connectivity index (χ1n) is 5.80. The molecular weight excluding hydrogens is 282 g/mol. The second kappa shape index (κ2) is 6.08. The Morgan fingerprint density at radius 2 is 1.84 bits per heavy atom. The summed E-state index contributed by atoms with van der Waals surface area (Å²) in [5.41, 5.74) is 2.79. The van der Waals surface area contributed by atoms with E-state index in [0.29, 0.717) is 11.4 Å². The van der Waals surface area contributed by atoms with Crippen LogP contribution in [0, 0.1) is 0 Å². The highest BCUT2D eigenvalue weighted by molar-refractivity contribution is 7.72. The quantitative estimate of drug-likeness (QED) is 0.853. The fourth-order valence-electron chi connectivity index (χ4n) is 1.98. The summed E-state index contributed by atoms with van der Waals surface area (Å²) in [5, 5.41) is 3.53. The van der Waals surface area contributed by atoms with Crippen LogP contribution in [0.15, 0.2) is 47.4 Å². The van der Waals surface area contributed by atoms with E-state index in [1.54, 1.807) is 12.1 Å². The van der Waals surface area contributed by atoms with Crippen molar-refractivity contribution in [3.63, 3.8) is 0 Å². The zero-order valence-corrected chi connectivity index (χ0v) is 12.0. The Kier molecular flexibility index (Phi) is 4.45. The fourth-order valence-corrected chi connectivity index (χ4v) is 2.86. The molecule has 2 rings (SSSR count). The molecule has 0 saturated heterocycles. The summed E-state index contributed by atoms with van der Waals surface area (Å²) in [6.45, 7) is 0. The lowest BCUT2D eigenvalue weighted by atomic mass is 10.0. The van der Waals surface area contributed by atoms with E-state index < -0.39 is 10.7 Å². The van der Waals surface area contributed by atoms with Gasteiger partial charge < -0.3 is 5.32 Å². The van der Waals surface area contributed by atoms with Gasteiger partial charge in [-0.3, -0.25) is 0 Å². The van der Waals surface area contributed by atoms with Gasteiger partial charge in [0.2, 0.25) is 0 Å². The summed E-state index contributed by atoms with van der Waals surface area (Å²) in [7, 11) is -0.805. The molecule has 1 N–H and O–H groups in total. The third-order valence-corrected chi connectivity index (χ3v) is 3.96. The van der Waals surface area contributed by atoms with Gasteiger partial charge in [0, 0.05) is 24.2 Å². The van der Waals surface area contributed by atoms with Crippen molar-refractivity contribution in [2.75, 3.05) is 12.4 Å². The molecule has 2 aromatic rings. The van der Waals surface area contributed by atoms with Crippen LogP contribution >= 0.6 is 11.6 Å². The fraction of sp³-hybridized carbons (Fsp3) is 0.143. The van der Waals surface area contributed by atoms with Gasteiger partial charge in [-0.05, 0) is 29.3 Å². The minimum Gasteiger partial charge on any atom is -0.388 e. The van der Waals surface area contributed by atoms with Crippen molar-refractivity contribution in [2.24, 2.45) is 0 Å². The molecule has 19 heavy (non-hydrogen) atoms. The zero-order valence-electron chi connectivity index (χ0n) is 10.4. The van der Waals surface area contributed by atoms with E-state index in [-0.39, 0.29) is 4.90 Å². The first kappa shape index (κ1) is 13.9. The summed E-state index contributed by atoms with van der Waals surface area (Å²) < 4.78 is 22.6. The standard InChI is InChI=1S/C14H14ClNO2S/c1-16-13-5-3-2-4-10(13)8-11-6-7-12(15)9-14(11)19(17)18/h2-7,9,16,19H,8H2,1H3. The van der Waals surface area contributed by atoms with Crippen LogP contribution in [0.1, 0.15) is 11.1 Å². The highest BCUT2D eigenvalue weighted by Gasteiger charge is 2.09. The third kappa shape index (κ3) is 3.28. The minimum absolute atomic E-state index is 0.286. The Hall–Kier alpha value is -1.52. The molecule has 0 amide bonds. The van der Waals surface area contributed by atoms with Crippen molar-refractivity contribution in [1.82, 2.24) is 0 Å². The number of para-hydroxylation sites is 1. The predicted molar refractivity (Wildman–Crippen MR) is 78.8 cm³/mol. The van der Waals surface area contributed by atoms with Crippen molar-refractivity contribution < 1.29 is 8.42 Å². The number of benzene rings is 2. The maximum atomic E-state index is 11.3. The first-order chi connectivity index (χ1) is 9.11. The maximum absolute atomic E-state index is 11.3. The molecule has 0 aliphatic carbocycles. The van der Waals surface area contributed by atoms with Crippen LogP contribution in [0.25, 0.3) is 0 Å². The van der Waals surface area contributed by atoms with Gasteiger partial charge in [0.25, 0.3) is 0 Å². The highest BCUT2D eigenvalue weighted by Crippen LogP contribution is 2.23. The molecule has 100 valence electrons. The van der Waals surface area contributed by atoms with Crippen LogP contribution < -0.4 is 5.32 Å². The van der Waals surface area contributed by atoms with Gasteiger partial charge >= 0.3 is 0 Å². The molecule has 0 fully saturated rings. The van der Waals surface area contributed by atoms with Gasteiger partial charge in [0.15, 0.2) is 10.7 Å². The number of thiol groups is 1. The molecule has 2 aromatic carbocycles. The molecule has 3 nitrogen and oxygen atoms in total. The molecule has 0 bridgehead atoms. The molecule has 0 aromatic heterocycles. The smallest absolute Gasteiger partial charge is 0.168 e. The van der Waals surface area contributed by atoms with Gasteiger partial charge in [0.1, 0.15) is 0 Å². The summed E-state index contributed by atoms with van der Waals surface area (Å²) in [4.78, 5) is 0.286. The molecule has 5 heteroatoms. The summed E-state index contributed by atoms with van der Waals surface area (Å²) in [5.74, 6) is 0. The second-order valence-corrected chi connectivity index (χ2v) is 5.55. The molecule has 0 atom stereocenters. The van der Waals surface area contributed by atoms with E-state index in [9.17, 15) is 8.42 Å². The highest BCUT2D eigenvalue weighted by atomic mass is 35.5. The molecule has 0 aliphatic heterocycles. The van der Waals surface area contributed by atoms with Gasteiger partial charge in [-0.15, -0.1) is 0 Å². The SMILES string of the molecule is CNc1ccccc1Cc1ccc(Cl)cc1[SH](=O)=O. The lowest BCUT2D eigenvalue weighted by Crippen LogP contribution is -1.99. The second-order valence-electron chi connectivity index (χ2n) is 4.11. The van der Waals surface area contributed by atoms with Crippen molar-refractivity contribution in [2.45, 2.75) is 11.3 Å². The Bertz CT molecular complexity index is 660. The number of rotatable bonds is 4. The van der Waals surface area contributed by atoms with Crippen molar-refractivity contribution in [3.8, 4) is 0 Å². The van der Waals surface area contributed by atoms with E-state index in [1.807, 2.05) is 31.3 Å². The van der Waals surface area contributed by atoms with Crippen LogP contribution in [0.3, 0.4) is 0 Å². The topological polar surface area (TPSA) is 46.2 Å². The molecule has 0 heterocycles. The summed E-state index contributed by atoms with van der Waals surface area (Å²) >= 11 is 5.84. The largest absolute Gasteiger partial charge is 0.388 e. The Morgan fingerprint density at radius 3 is 2.53 bits per heavy atom. The van der Waals surface area contributed by atoms with Crippen LogP contribution in [0.5, 0.6) is 0 Å². The van der Waals surface area contributed by atoms with Crippen molar-refractivity contribution >= 4 is 28.0 Å². The lowest BCUT2D eigenvalue weighted by Gasteiger charge is -2.10. The van der Waals surface area contributed by atoms with Crippen molar-refractivity contribution in [3.05, 3.63) is 58.6 Å². The van der Waals surface area contributed by atoms with E-state index in [2.05, 4.69) is 5.32 Å². The molecular formula is C14H14ClNO2S. The Morgan fingerprint density at radius 1 is 1.11 bits per heavy atom. The van der Waals surface area contributed by atoms with Crippen LogP contribution in [-0.4, -0.2) is 15.5 Å². The number of hydrogen-bond donors (Lipinski definition) is 2. The normalized spacial score (nSPS) is 10.7. The van der Waals surface area contributed by atoms with E-state index >= 15 is 0 Å². The number of halogens is 1. The van der Waals surface area contributed by atoms with Crippen LogP contribution in [0.4, 0.5) is 5.69 Å². The van der Waals surface area contributed by atoms with E-state index in [0.717, 1.165) is 16.8 Å². The zero-order chi connectivity index (χ0) is 13.8. The molecule has 0 spiro atoms. The number of nitrogens with one attached hydrogen (secondary N) is 1. The van der Waals surface area contributed by atoms with Crippen molar-refractivity contribution in [1.29, 1.82) is 0 Å². The maximum Gasteiger partial charge on any atom is 0.168 e. The molecule has 0 radical (unpaired) electrons. The van der Waals surface area contributed by atoms with E-state index in [1.165, 1.54) is 6.07 Å². The van der Waals surface area contributed by atoms with Gasteiger partial charge in [-0.2, -0.15) is 0 Å². The molecule has 0 unspecified atom stereocenters. The Balaban J connectivity index is 2.43. The van der Waals surface area contributed by atoms with Gasteiger partial charge in [-0.25, -0.2) is 8.42 Å². The van der Waals surface area contributed by atoms with Crippen LogP contribution in [0.2, 0.25) is 5.02 Å². The average Bonchev–Trinajstić information content (AvgIpc) is 2.41. The first-order valence-corrected chi connectivity index (χ1v) is 7.36. The monoisotopic (exact) mass is 295 g/mol. The molecule has 0 saturated carbocycles. The number of anilines is 1. The molecule has 0 aliphatic rings. The summed E-state index contributed by atoms with van der Waals surface area (Å²) in [6.07, 6.45) is 0.548. The Labute approximate surface area is 119 Å². The average molecular weight is 296 g/mol. The van der Waals surface area contributed by atoms with Gasteiger partial charge in [-0.1, -0.05) is 35.9 Å². The van der Waals surface area contributed by atoms with E-state index in [4.69, 9.17) is 11.6 Å². The van der Waals surface area contributed by atoms with Gasteiger partial charge in [0.05, 0.1) is 4.90 Å². The predicted octanol–water partition coefficient (Wildman–Crippen LogP) is 2.94. The van der Waals surface area contributed by atoms with Crippen LogP contribution in [-0.2, 0) is 17.1 Å². The number of hydrogen-bond acceptors (Lipinski definition) is 3. The third-order valence-electron chi connectivity index (χ3n) is 2.91. The minimum atomic E-state index is -2.65.